The Morgan fingerprint density at radius 1 is 1.05 bits per heavy atom. The zero-order valence-corrected chi connectivity index (χ0v) is 23.5. The van der Waals surface area contributed by atoms with Gasteiger partial charge in [-0.05, 0) is 102 Å². The molecule has 1 aliphatic heterocycles. The van der Waals surface area contributed by atoms with E-state index in [1.165, 1.54) is 43.5 Å². The Kier molecular flexibility index (Phi) is 8.99. The number of nitrogens with zero attached hydrogens (tertiary/aromatic N) is 3. The number of piperidine rings is 1. The Labute approximate surface area is 234 Å². The van der Waals surface area contributed by atoms with E-state index in [0.717, 1.165) is 62.1 Å². The number of benzene rings is 2. The van der Waals surface area contributed by atoms with Crippen molar-refractivity contribution < 1.29 is 18.7 Å². The van der Waals surface area contributed by atoms with E-state index < -0.39 is 11.7 Å². The zero-order valence-electron chi connectivity index (χ0n) is 23.5. The number of halogens is 1. The van der Waals surface area contributed by atoms with Crippen LogP contribution in [-0.4, -0.2) is 58.5 Å². The maximum atomic E-state index is 13.4. The summed E-state index contributed by atoms with van der Waals surface area (Å²) in [7, 11) is 0. The van der Waals surface area contributed by atoms with Gasteiger partial charge in [0.1, 0.15) is 18.2 Å². The summed E-state index contributed by atoms with van der Waals surface area (Å²) < 4.78 is 21.7. The molecule has 5 rings (SSSR count). The first kappa shape index (κ1) is 28.1. The maximum Gasteiger partial charge on any atom is 0.280 e. The number of amides is 2. The van der Waals surface area contributed by atoms with Gasteiger partial charge in [0.2, 0.25) is 11.5 Å². The van der Waals surface area contributed by atoms with E-state index >= 15 is 0 Å². The van der Waals surface area contributed by atoms with E-state index in [4.69, 9.17) is 4.74 Å². The number of likely N-dealkylation sites (tertiary alicyclic amines) is 1. The number of hydrogen-bond acceptors (Lipinski definition) is 4. The molecule has 2 aliphatic rings. The van der Waals surface area contributed by atoms with Crippen molar-refractivity contribution in [3.63, 3.8) is 0 Å². The number of hydrogen-bond donors (Lipinski definition) is 2. The second-order valence-electron chi connectivity index (χ2n) is 11.3. The number of aromatic nitrogens is 2. The van der Waals surface area contributed by atoms with Crippen LogP contribution in [0.1, 0.15) is 75.2 Å². The SMILES string of the molecule is CC(C)NC(=O)C1CCC(n2/c(=N\C(=O)c3ccc(F)cc3)[nH]c3ccc(OCCN4CCCCC4)cc32)CC1. The van der Waals surface area contributed by atoms with Crippen molar-refractivity contribution in [1.82, 2.24) is 19.8 Å². The Bertz CT molecular complexity index is 1380. The standard InChI is InChI=1S/C31H40FN5O3/c1-21(2)33-29(38)23-8-12-25(13-9-23)37-28-20-26(40-19-18-36-16-4-3-5-17-36)14-15-27(28)34-31(37)35-30(39)22-6-10-24(32)11-7-22/h6-7,10-11,14-15,20-21,23,25H,3-5,8-9,12-13,16-19H2,1-2H3,(H,33,38)(H,34,35,39). The first-order chi connectivity index (χ1) is 19.4. The summed E-state index contributed by atoms with van der Waals surface area (Å²) in [5.41, 5.74) is 2.54. The van der Waals surface area contributed by atoms with Gasteiger partial charge >= 0.3 is 0 Å². The Hall–Kier alpha value is -3.46. The zero-order chi connectivity index (χ0) is 28.1. The molecule has 2 heterocycles. The minimum absolute atomic E-state index is 0.0145. The third-order valence-electron chi connectivity index (χ3n) is 7.99. The van der Waals surface area contributed by atoms with E-state index in [0.29, 0.717) is 17.8 Å². The number of imidazole rings is 1. The summed E-state index contributed by atoms with van der Waals surface area (Å²) in [6.07, 6.45) is 6.92. The monoisotopic (exact) mass is 549 g/mol. The van der Waals surface area contributed by atoms with Gasteiger partial charge in [0.15, 0.2) is 0 Å². The predicted octanol–water partition coefficient (Wildman–Crippen LogP) is 4.97. The Morgan fingerprint density at radius 3 is 2.48 bits per heavy atom. The summed E-state index contributed by atoms with van der Waals surface area (Å²) in [6.45, 7) is 7.73. The van der Waals surface area contributed by atoms with Crippen LogP contribution in [0.15, 0.2) is 47.5 Å². The molecule has 0 unspecified atom stereocenters. The van der Waals surface area contributed by atoms with Crippen molar-refractivity contribution in [2.75, 3.05) is 26.2 Å². The van der Waals surface area contributed by atoms with E-state index in [2.05, 4.69) is 24.8 Å². The smallest absolute Gasteiger partial charge is 0.280 e. The molecule has 1 aliphatic carbocycles. The molecule has 1 saturated carbocycles. The van der Waals surface area contributed by atoms with Crippen LogP contribution < -0.4 is 15.7 Å². The molecule has 9 heteroatoms. The van der Waals surface area contributed by atoms with Gasteiger partial charge in [0.25, 0.3) is 5.91 Å². The molecule has 1 aromatic heterocycles. The van der Waals surface area contributed by atoms with Crippen LogP contribution in [0, 0.1) is 11.7 Å². The first-order valence-electron chi connectivity index (χ1n) is 14.6. The number of H-pyrrole nitrogens is 1. The second kappa shape index (κ2) is 12.8. The van der Waals surface area contributed by atoms with E-state index in [1.54, 1.807) is 0 Å². The molecule has 0 radical (unpaired) electrons. The highest BCUT2D eigenvalue weighted by Gasteiger charge is 2.29. The lowest BCUT2D eigenvalue weighted by molar-refractivity contribution is -0.126. The van der Waals surface area contributed by atoms with Crippen molar-refractivity contribution >= 4 is 22.8 Å². The van der Waals surface area contributed by atoms with Crippen molar-refractivity contribution in [3.05, 3.63) is 59.5 Å². The largest absolute Gasteiger partial charge is 0.492 e. The summed E-state index contributed by atoms with van der Waals surface area (Å²) >= 11 is 0. The molecular formula is C31H40FN5O3. The highest BCUT2D eigenvalue weighted by molar-refractivity contribution is 5.95. The first-order valence-corrected chi connectivity index (χ1v) is 14.6. The van der Waals surface area contributed by atoms with Crippen molar-refractivity contribution in [2.45, 2.75) is 70.9 Å². The second-order valence-corrected chi connectivity index (χ2v) is 11.3. The molecule has 0 bridgehead atoms. The summed E-state index contributed by atoms with van der Waals surface area (Å²) in [6, 6.07) is 11.5. The quantitative estimate of drug-likeness (QED) is 0.415. The van der Waals surface area contributed by atoms with Crippen molar-refractivity contribution in [3.8, 4) is 5.75 Å². The highest BCUT2D eigenvalue weighted by Crippen LogP contribution is 2.34. The van der Waals surface area contributed by atoms with Gasteiger partial charge in [-0.3, -0.25) is 14.5 Å². The average Bonchev–Trinajstić information content (AvgIpc) is 3.30. The van der Waals surface area contributed by atoms with Crippen LogP contribution in [0.2, 0.25) is 0 Å². The molecule has 1 saturated heterocycles. The Balaban J connectivity index is 1.41. The lowest BCUT2D eigenvalue weighted by Crippen LogP contribution is -2.38. The van der Waals surface area contributed by atoms with Gasteiger partial charge in [-0.2, -0.15) is 4.99 Å². The summed E-state index contributed by atoms with van der Waals surface area (Å²) in [5, 5.41) is 3.04. The minimum Gasteiger partial charge on any atom is -0.492 e. The molecule has 214 valence electrons. The van der Waals surface area contributed by atoms with Crippen LogP contribution in [0.4, 0.5) is 4.39 Å². The van der Waals surface area contributed by atoms with Gasteiger partial charge in [-0.15, -0.1) is 0 Å². The number of ether oxygens (including phenoxy) is 1. The lowest BCUT2D eigenvalue weighted by Gasteiger charge is -2.29. The van der Waals surface area contributed by atoms with Crippen LogP contribution in [0.5, 0.6) is 5.75 Å². The fourth-order valence-corrected chi connectivity index (χ4v) is 5.88. The summed E-state index contributed by atoms with van der Waals surface area (Å²) in [4.78, 5) is 35.9. The normalized spacial score (nSPS) is 20.6. The van der Waals surface area contributed by atoms with Crippen LogP contribution in [0.3, 0.4) is 0 Å². The molecule has 0 spiro atoms. The van der Waals surface area contributed by atoms with Gasteiger partial charge in [0.05, 0.1) is 11.0 Å². The van der Waals surface area contributed by atoms with Crippen molar-refractivity contribution in [2.24, 2.45) is 10.9 Å². The molecule has 40 heavy (non-hydrogen) atoms. The summed E-state index contributed by atoms with van der Waals surface area (Å²) in [5.74, 6) is 0.0304. The minimum atomic E-state index is -0.441. The third-order valence-corrected chi connectivity index (χ3v) is 7.99. The lowest BCUT2D eigenvalue weighted by atomic mass is 9.85. The van der Waals surface area contributed by atoms with E-state index in [-0.39, 0.29) is 23.9 Å². The molecule has 2 fully saturated rings. The molecular weight excluding hydrogens is 509 g/mol. The van der Waals surface area contributed by atoms with Gasteiger partial charge in [-0.25, -0.2) is 4.39 Å². The van der Waals surface area contributed by atoms with E-state index in [9.17, 15) is 14.0 Å². The molecule has 3 aromatic rings. The molecule has 2 N–H and O–H groups in total. The molecule has 2 amide bonds. The number of carbonyl (C=O) groups is 2. The highest BCUT2D eigenvalue weighted by atomic mass is 19.1. The molecule has 2 aromatic carbocycles. The fourth-order valence-electron chi connectivity index (χ4n) is 5.88. The van der Waals surface area contributed by atoms with Crippen LogP contribution >= 0.6 is 0 Å². The predicted molar refractivity (Wildman–Crippen MR) is 153 cm³/mol. The van der Waals surface area contributed by atoms with Crippen LogP contribution in [0.25, 0.3) is 11.0 Å². The van der Waals surface area contributed by atoms with Gasteiger partial charge in [0, 0.05) is 36.2 Å². The number of aromatic amines is 1. The van der Waals surface area contributed by atoms with Crippen molar-refractivity contribution in [1.29, 1.82) is 0 Å². The Morgan fingerprint density at radius 2 is 1.77 bits per heavy atom. The number of fused-ring (bicyclic) bond motifs is 1. The number of rotatable bonds is 8. The van der Waals surface area contributed by atoms with Gasteiger partial charge < -0.3 is 19.6 Å². The topological polar surface area (TPSA) is 91.7 Å². The molecule has 8 nitrogen and oxygen atoms in total. The number of carbonyl (C=O) groups excluding carboxylic acids is 2. The van der Waals surface area contributed by atoms with E-state index in [1.807, 2.05) is 32.0 Å². The average molecular weight is 550 g/mol. The maximum absolute atomic E-state index is 13.4. The van der Waals surface area contributed by atoms with Gasteiger partial charge in [-0.1, -0.05) is 6.42 Å². The third kappa shape index (κ3) is 6.81. The number of nitrogens with one attached hydrogen (secondary N) is 2. The fraction of sp³-hybridized carbons (Fsp3) is 0.516. The van der Waals surface area contributed by atoms with Crippen LogP contribution in [-0.2, 0) is 4.79 Å². The molecule has 0 atom stereocenters.